The third-order valence-electron chi connectivity index (χ3n) is 4.71. The van der Waals surface area contributed by atoms with Gasteiger partial charge in [0, 0.05) is 25.7 Å². The van der Waals surface area contributed by atoms with Crippen LogP contribution in [-0.2, 0) is 9.53 Å². The quantitative estimate of drug-likeness (QED) is 0.789. The van der Waals surface area contributed by atoms with Gasteiger partial charge in [0.2, 0.25) is 0 Å². The van der Waals surface area contributed by atoms with Gasteiger partial charge in [-0.05, 0) is 38.5 Å². The fourth-order valence-corrected chi connectivity index (χ4v) is 3.50. The molecule has 0 aromatic heterocycles. The number of nitrogens with zero attached hydrogens (tertiary/aromatic N) is 1. The molecular formula is C15H28N2O2. The second-order valence-electron chi connectivity index (χ2n) is 5.79. The SMILES string of the molecule is CCOC(=O)C1CNCCN1C1CCC(CC)CC1. The summed E-state index contributed by atoms with van der Waals surface area (Å²) in [6.45, 7) is 7.36. The summed E-state index contributed by atoms with van der Waals surface area (Å²) in [4.78, 5) is 14.5. The Kier molecular flexibility index (Phi) is 5.64. The third-order valence-corrected chi connectivity index (χ3v) is 4.71. The molecule has 2 rings (SSSR count). The Morgan fingerprint density at radius 2 is 2.00 bits per heavy atom. The molecule has 2 aliphatic rings. The highest BCUT2D eigenvalue weighted by molar-refractivity contribution is 5.76. The number of rotatable bonds is 4. The standard InChI is InChI=1S/C15H28N2O2/c1-3-12-5-7-13(8-6-12)17-10-9-16-11-14(17)15(18)19-4-2/h12-14,16H,3-11H2,1-2H3. The lowest BCUT2D eigenvalue weighted by molar-refractivity contribution is -0.151. The minimum atomic E-state index is -0.0723. The van der Waals surface area contributed by atoms with Crippen molar-refractivity contribution in [2.24, 2.45) is 5.92 Å². The molecule has 1 saturated carbocycles. The van der Waals surface area contributed by atoms with Crippen LogP contribution in [0.1, 0.15) is 46.0 Å². The first-order chi connectivity index (χ1) is 9.26. The normalized spacial score (nSPS) is 33.1. The topological polar surface area (TPSA) is 41.6 Å². The van der Waals surface area contributed by atoms with Crippen molar-refractivity contribution in [1.29, 1.82) is 0 Å². The van der Waals surface area contributed by atoms with E-state index in [-0.39, 0.29) is 12.0 Å². The lowest BCUT2D eigenvalue weighted by Gasteiger charge is -2.42. The number of piperazine rings is 1. The molecule has 0 radical (unpaired) electrons. The zero-order valence-corrected chi connectivity index (χ0v) is 12.4. The van der Waals surface area contributed by atoms with Crippen LogP contribution < -0.4 is 5.32 Å². The monoisotopic (exact) mass is 268 g/mol. The minimum Gasteiger partial charge on any atom is -0.465 e. The van der Waals surface area contributed by atoms with Crippen molar-refractivity contribution in [2.75, 3.05) is 26.2 Å². The molecule has 110 valence electrons. The maximum atomic E-state index is 12.1. The van der Waals surface area contributed by atoms with Gasteiger partial charge in [0.25, 0.3) is 0 Å². The zero-order chi connectivity index (χ0) is 13.7. The van der Waals surface area contributed by atoms with E-state index in [2.05, 4.69) is 17.1 Å². The Morgan fingerprint density at radius 3 is 2.63 bits per heavy atom. The molecule has 1 heterocycles. The van der Waals surface area contributed by atoms with E-state index in [1.54, 1.807) is 0 Å². The van der Waals surface area contributed by atoms with Crippen molar-refractivity contribution in [1.82, 2.24) is 10.2 Å². The summed E-state index contributed by atoms with van der Waals surface area (Å²) < 4.78 is 5.22. The van der Waals surface area contributed by atoms with E-state index in [0.29, 0.717) is 12.6 Å². The smallest absolute Gasteiger partial charge is 0.324 e. The molecule has 0 aromatic carbocycles. The summed E-state index contributed by atoms with van der Waals surface area (Å²) in [6.07, 6.45) is 6.43. The van der Waals surface area contributed by atoms with E-state index in [0.717, 1.165) is 25.6 Å². The van der Waals surface area contributed by atoms with Crippen molar-refractivity contribution >= 4 is 5.97 Å². The van der Waals surface area contributed by atoms with Crippen molar-refractivity contribution < 1.29 is 9.53 Å². The van der Waals surface area contributed by atoms with E-state index in [1.165, 1.54) is 32.1 Å². The van der Waals surface area contributed by atoms with Crippen molar-refractivity contribution in [3.8, 4) is 0 Å². The maximum Gasteiger partial charge on any atom is 0.324 e. The number of carbonyl (C=O) groups excluding carboxylic acids is 1. The van der Waals surface area contributed by atoms with Gasteiger partial charge in [0.05, 0.1) is 6.61 Å². The number of hydrogen-bond acceptors (Lipinski definition) is 4. The molecule has 0 bridgehead atoms. The zero-order valence-electron chi connectivity index (χ0n) is 12.4. The van der Waals surface area contributed by atoms with Gasteiger partial charge in [-0.2, -0.15) is 0 Å². The van der Waals surface area contributed by atoms with Crippen LogP contribution in [0.5, 0.6) is 0 Å². The number of ether oxygens (including phenoxy) is 1. The van der Waals surface area contributed by atoms with Gasteiger partial charge in [0.15, 0.2) is 0 Å². The molecule has 1 aliphatic carbocycles. The molecule has 4 nitrogen and oxygen atoms in total. The number of nitrogens with one attached hydrogen (secondary N) is 1. The average Bonchev–Trinajstić information content (AvgIpc) is 2.47. The predicted molar refractivity (Wildman–Crippen MR) is 76.0 cm³/mol. The summed E-state index contributed by atoms with van der Waals surface area (Å²) >= 11 is 0. The molecule has 0 spiro atoms. The molecule has 1 unspecified atom stereocenters. The minimum absolute atomic E-state index is 0.0488. The first kappa shape index (κ1) is 14.8. The highest BCUT2D eigenvalue weighted by atomic mass is 16.5. The second-order valence-corrected chi connectivity index (χ2v) is 5.79. The van der Waals surface area contributed by atoms with Crippen molar-refractivity contribution in [2.45, 2.75) is 58.0 Å². The van der Waals surface area contributed by atoms with Crippen molar-refractivity contribution in [3.05, 3.63) is 0 Å². The molecule has 1 atom stereocenters. The Balaban J connectivity index is 1.94. The summed E-state index contributed by atoms with van der Waals surface area (Å²) in [5.74, 6) is 0.854. The molecule has 1 aliphatic heterocycles. The van der Waals surface area contributed by atoms with Crippen LogP contribution in [0.4, 0.5) is 0 Å². The molecular weight excluding hydrogens is 240 g/mol. The highest BCUT2D eigenvalue weighted by Gasteiger charge is 2.35. The van der Waals surface area contributed by atoms with Gasteiger partial charge in [0.1, 0.15) is 6.04 Å². The van der Waals surface area contributed by atoms with Gasteiger partial charge in [-0.25, -0.2) is 0 Å². The van der Waals surface area contributed by atoms with Crippen LogP contribution in [0.25, 0.3) is 0 Å². The lowest BCUT2D eigenvalue weighted by Crippen LogP contribution is -2.59. The number of carbonyl (C=O) groups is 1. The summed E-state index contributed by atoms with van der Waals surface area (Å²) in [6, 6.07) is 0.510. The summed E-state index contributed by atoms with van der Waals surface area (Å²) in [5.41, 5.74) is 0. The van der Waals surface area contributed by atoms with Crippen LogP contribution in [-0.4, -0.2) is 49.2 Å². The van der Waals surface area contributed by atoms with Crippen LogP contribution >= 0.6 is 0 Å². The van der Waals surface area contributed by atoms with Crippen LogP contribution in [0.2, 0.25) is 0 Å². The Labute approximate surface area is 116 Å². The summed E-state index contributed by atoms with van der Waals surface area (Å²) in [7, 11) is 0. The molecule has 19 heavy (non-hydrogen) atoms. The average molecular weight is 268 g/mol. The van der Waals surface area contributed by atoms with Gasteiger partial charge in [-0.1, -0.05) is 13.3 Å². The Hall–Kier alpha value is -0.610. The van der Waals surface area contributed by atoms with E-state index in [1.807, 2.05) is 6.92 Å². The van der Waals surface area contributed by atoms with Crippen LogP contribution in [0.3, 0.4) is 0 Å². The molecule has 0 amide bonds. The van der Waals surface area contributed by atoms with Crippen LogP contribution in [0, 0.1) is 5.92 Å². The first-order valence-corrected chi connectivity index (χ1v) is 7.89. The van der Waals surface area contributed by atoms with Crippen molar-refractivity contribution in [3.63, 3.8) is 0 Å². The van der Waals surface area contributed by atoms with Gasteiger partial charge in [-0.15, -0.1) is 0 Å². The molecule has 0 aromatic rings. The van der Waals surface area contributed by atoms with E-state index < -0.39 is 0 Å². The fourth-order valence-electron chi connectivity index (χ4n) is 3.50. The van der Waals surface area contributed by atoms with Gasteiger partial charge in [-0.3, -0.25) is 9.69 Å². The maximum absolute atomic E-state index is 12.1. The largest absolute Gasteiger partial charge is 0.465 e. The molecule has 4 heteroatoms. The van der Waals surface area contributed by atoms with Gasteiger partial charge < -0.3 is 10.1 Å². The molecule has 2 fully saturated rings. The third kappa shape index (κ3) is 3.69. The lowest BCUT2D eigenvalue weighted by atomic mass is 9.83. The highest BCUT2D eigenvalue weighted by Crippen LogP contribution is 2.30. The second kappa shape index (κ2) is 7.25. The van der Waals surface area contributed by atoms with Gasteiger partial charge >= 0.3 is 5.97 Å². The predicted octanol–water partition coefficient (Wildman–Crippen LogP) is 1.79. The number of hydrogen-bond donors (Lipinski definition) is 1. The van der Waals surface area contributed by atoms with Crippen LogP contribution in [0.15, 0.2) is 0 Å². The molecule has 1 N–H and O–H groups in total. The summed E-state index contributed by atoms with van der Waals surface area (Å²) in [5, 5.41) is 3.32. The fraction of sp³-hybridized carbons (Fsp3) is 0.933. The Morgan fingerprint density at radius 1 is 1.26 bits per heavy atom. The van der Waals surface area contributed by atoms with E-state index in [4.69, 9.17) is 4.74 Å². The molecule has 1 saturated heterocycles. The Bertz CT molecular complexity index is 288. The van der Waals surface area contributed by atoms with E-state index in [9.17, 15) is 4.79 Å². The number of esters is 1. The first-order valence-electron chi connectivity index (χ1n) is 7.89. The van der Waals surface area contributed by atoms with E-state index >= 15 is 0 Å².